The smallest absolute Gasteiger partial charge is 0.346 e. The summed E-state index contributed by atoms with van der Waals surface area (Å²) in [4.78, 5) is 29.2. The molecule has 0 unspecified atom stereocenters. The van der Waals surface area contributed by atoms with E-state index in [-0.39, 0.29) is 30.2 Å². The minimum atomic E-state index is -0.208. The fourth-order valence-corrected chi connectivity index (χ4v) is 3.53. The van der Waals surface area contributed by atoms with Gasteiger partial charge in [0.15, 0.2) is 5.82 Å². The van der Waals surface area contributed by atoms with Crippen molar-refractivity contribution < 1.29 is 4.79 Å². The molecule has 0 aromatic carbocycles. The number of rotatable bonds is 5. The van der Waals surface area contributed by atoms with E-state index in [9.17, 15) is 9.59 Å². The van der Waals surface area contributed by atoms with E-state index in [1.165, 1.54) is 11.1 Å². The van der Waals surface area contributed by atoms with E-state index in [0.717, 1.165) is 44.1 Å². The lowest BCUT2D eigenvalue weighted by Gasteiger charge is -2.22. The predicted molar refractivity (Wildman–Crippen MR) is 93.0 cm³/mol. The lowest BCUT2D eigenvalue weighted by Crippen LogP contribution is -2.40. The van der Waals surface area contributed by atoms with Gasteiger partial charge in [-0.25, -0.2) is 9.48 Å². The van der Waals surface area contributed by atoms with Crippen molar-refractivity contribution in [1.29, 1.82) is 0 Å². The largest absolute Gasteiger partial charge is 0.352 e. The van der Waals surface area contributed by atoms with Gasteiger partial charge in [-0.3, -0.25) is 14.3 Å². The molecule has 4 rings (SSSR count). The zero-order valence-electron chi connectivity index (χ0n) is 14.2. The highest BCUT2D eigenvalue weighted by Crippen LogP contribution is 2.36. The molecule has 2 fully saturated rings. The summed E-state index contributed by atoms with van der Waals surface area (Å²) in [5.74, 6) is 0.471. The maximum absolute atomic E-state index is 12.7. The summed E-state index contributed by atoms with van der Waals surface area (Å²) in [6.45, 7) is -0.0255. The molecule has 2 saturated carbocycles. The third-order valence-electron chi connectivity index (χ3n) is 4.97. The monoisotopic (exact) mass is 341 g/mol. The van der Waals surface area contributed by atoms with Crippen molar-refractivity contribution in [3.05, 3.63) is 35.0 Å². The Labute approximate surface area is 146 Å². The Bertz CT molecular complexity index is 801. The molecule has 7 nitrogen and oxygen atoms in total. The first kappa shape index (κ1) is 16.1. The molecule has 0 saturated heterocycles. The molecule has 0 spiro atoms. The van der Waals surface area contributed by atoms with Gasteiger partial charge >= 0.3 is 5.69 Å². The van der Waals surface area contributed by atoms with E-state index < -0.39 is 0 Å². The van der Waals surface area contributed by atoms with Crippen LogP contribution < -0.4 is 11.0 Å². The minimum Gasteiger partial charge on any atom is -0.352 e. The Morgan fingerprint density at radius 3 is 2.68 bits per heavy atom. The number of pyridine rings is 1. The first-order valence-electron chi connectivity index (χ1n) is 9.11. The number of nitrogens with zero attached hydrogens (tertiary/aromatic N) is 4. The summed E-state index contributed by atoms with van der Waals surface area (Å²) in [5, 5.41) is 7.49. The molecule has 0 aliphatic heterocycles. The quantitative estimate of drug-likeness (QED) is 0.900. The molecule has 2 aliphatic rings. The lowest BCUT2D eigenvalue weighted by atomic mass is 9.95. The van der Waals surface area contributed by atoms with E-state index in [4.69, 9.17) is 0 Å². The molecule has 0 atom stereocenters. The average Bonchev–Trinajstić information content (AvgIpc) is 3.42. The zero-order chi connectivity index (χ0) is 17.2. The third-order valence-corrected chi connectivity index (χ3v) is 4.97. The lowest BCUT2D eigenvalue weighted by molar-refractivity contribution is -0.122. The summed E-state index contributed by atoms with van der Waals surface area (Å²) in [6.07, 6.45) is 11.0. The van der Waals surface area contributed by atoms with Crippen molar-refractivity contribution in [1.82, 2.24) is 24.6 Å². The molecule has 132 valence electrons. The average molecular weight is 341 g/mol. The third kappa shape index (κ3) is 3.50. The molecular weight excluding hydrogens is 318 g/mol. The van der Waals surface area contributed by atoms with Crippen LogP contribution in [-0.4, -0.2) is 31.3 Å². The highest BCUT2D eigenvalue weighted by molar-refractivity contribution is 5.76. The Hall–Kier alpha value is -2.44. The van der Waals surface area contributed by atoms with Gasteiger partial charge in [0.1, 0.15) is 6.54 Å². The van der Waals surface area contributed by atoms with Crippen LogP contribution in [0.15, 0.2) is 29.3 Å². The maximum atomic E-state index is 12.7. The van der Waals surface area contributed by atoms with Gasteiger partial charge in [-0.15, -0.1) is 5.10 Å². The van der Waals surface area contributed by atoms with Crippen molar-refractivity contribution in [2.75, 3.05) is 0 Å². The highest BCUT2D eigenvalue weighted by Gasteiger charge is 2.31. The number of amides is 1. The molecule has 1 N–H and O–H groups in total. The molecule has 0 radical (unpaired) electrons. The second kappa shape index (κ2) is 6.82. The second-order valence-corrected chi connectivity index (χ2v) is 7.01. The zero-order valence-corrected chi connectivity index (χ0v) is 14.2. The summed E-state index contributed by atoms with van der Waals surface area (Å²) < 4.78 is 3.00. The van der Waals surface area contributed by atoms with Crippen molar-refractivity contribution >= 4 is 5.91 Å². The summed E-state index contributed by atoms with van der Waals surface area (Å²) in [6, 6.07) is 4.14. The van der Waals surface area contributed by atoms with Gasteiger partial charge in [-0.1, -0.05) is 19.3 Å². The van der Waals surface area contributed by atoms with E-state index in [2.05, 4.69) is 15.4 Å². The molecular formula is C18H23N5O2. The molecule has 2 aromatic heterocycles. The van der Waals surface area contributed by atoms with Gasteiger partial charge < -0.3 is 5.32 Å². The second-order valence-electron chi connectivity index (χ2n) is 7.01. The van der Waals surface area contributed by atoms with E-state index in [0.29, 0.717) is 5.82 Å². The number of aromatic nitrogens is 4. The normalized spacial score (nSPS) is 18.2. The Balaban J connectivity index is 1.55. The predicted octanol–water partition coefficient (Wildman–Crippen LogP) is 1.89. The van der Waals surface area contributed by atoms with Crippen LogP contribution >= 0.6 is 0 Å². The number of hydrogen-bond acceptors (Lipinski definition) is 4. The number of carbonyl (C=O) groups excluding carboxylic acids is 1. The summed E-state index contributed by atoms with van der Waals surface area (Å²) >= 11 is 0. The van der Waals surface area contributed by atoms with Crippen LogP contribution in [0.1, 0.15) is 51.0 Å². The van der Waals surface area contributed by atoms with Gasteiger partial charge in [-0.05, 0) is 37.8 Å². The molecule has 2 aromatic rings. The van der Waals surface area contributed by atoms with Crippen LogP contribution in [0.5, 0.6) is 0 Å². The van der Waals surface area contributed by atoms with Gasteiger partial charge in [-0.2, -0.15) is 0 Å². The van der Waals surface area contributed by atoms with Crippen molar-refractivity contribution in [3.8, 4) is 11.4 Å². The molecule has 0 bridgehead atoms. The van der Waals surface area contributed by atoms with Crippen LogP contribution in [0, 0.1) is 0 Å². The van der Waals surface area contributed by atoms with Crippen LogP contribution in [0.2, 0.25) is 0 Å². The summed E-state index contributed by atoms with van der Waals surface area (Å²) in [7, 11) is 0. The van der Waals surface area contributed by atoms with Crippen molar-refractivity contribution in [2.24, 2.45) is 0 Å². The Kier molecular flexibility index (Phi) is 4.38. The highest BCUT2D eigenvalue weighted by atomic mass is 16.2. The van der Waals surface area contributed by atoms with Crippen LogP contribution in [0.4, 0.5) is 0 Å². The minimum absolute atomic E-state index is 0.0255. The van der Waals surface area contributed by atoms with Gasteiger partial charge in [0.05, 0.1) is 0 Å². The van der Waals surface area contributed by atoms with Crippen LogP contribution in [-0.2, 0) is 11.3 Å². The van der Waals surface area contributed by atoms with E-state index >= 15 is 0 Å². The van der Waals surface area contributed by atoms with Crippen LogP contribution in [0.25, 0.3) is 11.4 Å². The number of carbonyl (C=O) groups is 1. The van der Waals surface area contributed by atoms with Crippen LogP contribution in [0.3, 0.4) is 0 Å². The Morgan fingerprint density at radius 1 is 1.20 bits per heavy atom. The van der Waals surface area contributed by atoms with Gasteiger partial charge in [0.2, 0.25) is 5.91 Å². The molecule has 7 heteroatoms. The Morgan fingerprint density at radius 2 is 2.00 bits per heavy atom. The van der Waals surface area contributed by atoms with Crippen molar-refractivity contribution in [3.63, 3.8) is 0 Å². The first-order valence-corrected chi connectivity index (χ1v) is 9.11. The SMILES string of the molecule is O=C(Cn1nc(-c2cccnc2)n(C2CC2)c1=O)NC1CCCCC1. The fourth-order valence-electron chi connectivity index (χ4n) is 3.53. The van der Waals surface area contributed by atoms with E-state index in [1.54, 1.807) is 17.0 Å². The van der Waals surface area contributed by atoms with Gasteiger partial charge in [0, 0.05) is 30.0 Å². The molecule has 25 heavy (non-hydrogen) atoms. The van der Waals surface area contributed by atoms with Gasteiger partial charge in [0.25, 0.3) is 0 Å². The molecule has 2 heterocycles. The fraction of sp³-hybridized carbons (Fsp3) is 0.556. The number of hydrogen-bond donors (Lipinski definition) is 1. The van der Waals surface area contributed by atoms with E-state index in [1.807, 2.05) is 12.1 Å². The standard InChI is InChI=1S/C18H23N5O2/c24-16(20-14-6-2-1-3-7-14)12-22-18(25)23(15-8-9-15)17(21-22)13-5-4-10-19-11-13/h4-5,10-11,14-15H,1-3,6-9,12H2,(H,20,24). The molecule has 1 amide bonds. The first-order chi connectivity index (χ1) is 12.2. The topological polar surface area (TPSA) is 81.8 Å². The molecule has 2 aliphatic carbocycles. The van der Waals surface area contributed by atoms with Crippen molar-refractivity contribution in [2.45, 2.75) is 63.6 Å². The number of nitrogens with one attached hydrogen (secondary N) is 1. The summed E-state index contributed by atoms with van der Waals surface area (Å²) in [5.41, 5.74) is 0.595. The maximum Gasteiger partial charge on any atom is 0.346 e.